The zero-order chi connectivity index (χ0) is 15.7. The van der Waals surface area contributed by atoms with Crippen LogP contribution < -0.4 is 5.32 Å². The van der Waals surface area contributed by atoms with Crippen LogP contribution in [0.15, 0.2) is 18.2 Å². The Kier molecular flexibility index (Phi) is 4.15. The molecule has 5 amide bonds. The van der Waals surface area contributed by atoms with Gasteiger partial charge in [0.05, 0.1) is 15.7 Å². The average molecular weight is 330 g/mol. The van der Waals surface area contributed by atoms with Crippen LogP contribution in [0.1, 0.15) is 0 Å². The Morgan fingerprint density at radius 3 is 2.43 bits per heavy atom. The normalized spacial score (nSPS) is 14.9. The number of nitrogens with one attached hydrogen (secondary N) is 1. The van der Waals surface area contributed by atoms with Crippen LogP contribution in [0.25, 0.3) is 0 Å². The number of likely N-dealkylation sites (N-methyl/N-ethyl adjacent to an activating group) is 1. The molecule has 1 fully saturated rings. The van der Waals surface area contributed by atoms with E-state index in [4.69, 9.17) is 23.2 Å². The van der Waals surface area contributed by atoms with Crippen molar-refractivity contribution in [1.82, 2.24) is 9.80 Å². The second-order valence-corrected chi connectivity index (χ2v) is 4.97. The molecule has 0 spiro atoms. The highest BCUT2D eigenvalue weighted by Gasteiger charge is 2.42. The van der Waals surface area contributed by atoms with Crippen molar-refractivity contribution in [3.05, 3.63) is 28.2 Å². The summed E-state index contributed by atoms with van der Waals surface area (Å²) < 4.78 is 0. The molecule has 0 radical (unpaired) electrons. The largest absolute Gasteiger partial charge is 0.334 e. The molecule has 1 N–H and O–H groups in total. The number of rotatable bonds is 3. The van der Waals surface area contributed by atoms with Gasteiger partial charge in [0.25, 0.3) is 0 Å². The van der Waals surface area contributed by atoms with Crippen LogP contribution in [0.3, 0.4) is 0 Å². The van der Waals surface area contributed by atoms with Gasteiger partial charge in [0, 0.05) is 7.05 Å². The maximum Gasteiger partial charge on any atom is 0.334 e. The van der Waals surface area contributed by atoms with Crippen LogP contribution in [0.5, 0.6) is 0 Å². The second-order valence-electron chi connectivity index (χ2n) is 4.19. The average Bonchev–Trinajstić information content (AvgIpc) is 2.62. The first kappa shape index (κ1) is 15.3. The van der Waals surface area contributed by atoms with Crippen LogP contribution in [0.4, 0.5) is 10.5 Å². The SMILES string of the molecule is CN1C(=O)C(=O)N(CC(=O)Nc2cccc(Cl)c2Cl)C1=O. The zero-order valence-corrected chi connectivity index (χ0v) is 12.2. The van der Waals surface area contributed by atoms with Crippen LogP contribution >= 0.6 is 23.2 Å². The molecule has 0 aromatic heterocycles. The van der Waals surface area contributed by atoms with Crippen LogP contribution in [0.2, 0.25) is 10.0 Å². The number of hydrogen-bond acceptors (Lipinski definition) is 4. The van der Waals surface area contributed by atoms with E-state index in [1.165, 1.54) is 6.07 Å². The molecule has 0 unspecified atom stereocenters. The highest BCUT2D eigenvalue weighted by molar-refractivity contribution is 6.45. The fourth-order valence-corrected chi connectivity index (χ4v) is 2.03. The second kappa shape index (κ2) is 5.71. The Labute approximate surface area is 129 Å². The topological polar surface area (TPSA) is 86.8 Å². The van der Waals surface area contributed by atoms with Gasteiger partial charge < -0.3 is 5.32 Å². The molecule has 1 saturated heterocycles. The number of benzene rings is 1. The van der Waals surface area contributed by atoms with Crippen molar-refractivity contribution in [3.63, 3.8) is 0 Å². The van der Waals surface area contributed by atoms with Crippen LogP contribution in [-0.4, -0.2) is 47.1 Å². The van der Waals surface area contributed by atoms with E-state index >= 15 is 0 Å². The molecule has 1 aliphatic rings. The lowest BCUT2D eigenvalue weighted by Crippen LogP contribution is -2.38. The number of urea groups is 1. The summed E-state index contributed by atoms with van der Waals surface area (Å²) in [5, 5.41) is 2.80. The van der Waals surface area contributed by atoms with Crippen LogP contribution in [0, 0.1) is 0 Å². The third kappa shape index (κ3) is 2.84. The molecule has 0 atom stereocenters. The van der Waals surface area contributed by atoms with Crippen molar-refractivity contribution in [2.24, 2.45) is 0 Å². The van der Waals surface area contributed by atoms with E-state index in [1.807, 2.05) is 0 Å². The summed E-state index contributed by atoms with van der Waals surface area (Å²) in [5.41, 5.74) is 0.243. The first-order valence-electron chi connectivity index (χ1n) is 5.70. The van der Waals surface area contributed by atoms with Crippen molar-refractivity contribution < 1.29 is 19.2 Å². The summed E-state index contributed by atoms with van der Waals surface area (Å²) >= 11 is 11.7. The van der Waals surface area contributed by atoms with Gasteiger partial charge in [0.2, 0.25) is 5.91 Å². The highest BCUT2D eigenvalue weighted by Crippen LogP contribution is 2.29. The number of carbonyl (C=O) groups is 4. The molecule has 0 aliphatic carbocycles. The standard InChI is InChI=1S/C12H9Cl2N3O4/c1-16-10(19)11(20)17(12(16)21)5-8(18)15-7-4-2-3-6(13)9(7)14/h2-4H,5H2,1H3,(H,15,18). The molecule has 9 heteroatoms. The quantitative estimate of drug-likeness (QED) is 0.669. The highest BCUT2D eigenvalue weighted by atomic mass is 35.5. The van der Waals surface area contributed by atoms with Crippen molar-refractivity contribution in [3.8, 4) is 0 Å². The first-order valence-corrected chi connectivity index (χ1v) is 6.46. The molecule has 1 heterocycles. The van der Waals surface area contributed by atoms with Crippen molar-refractivity contribution >= 4 is 52.6 Å². The zero-order valence-electron chi connectivity index (χ0n) is 10.7. The summed E-state index contributed by atoms with van der Waals surface area (Å²) in [7, 11) is 1.16. The van der Waals surface area contributed by atoms with Gasteiger partial charge in [-0.1, -0.05) is 29.3 Å². The van der Waals surface area contributed by atoms with Gasteiger partial charge in [-0.05, 0) is 12.1 Å². The van der Waals surface area contributed by atoms with E-state index in [1.54, 1.807) is 12.1 Å². The molecular formula is C12H9Cl2N3O4. The van der Waals surface area contributed by atoms with E-state index in [0.29, 0.717) is 9.80 Å². The maximum atomic E-state index is 11.8. The summed E-state index contributed by atoms with van der Waals surface area (Å²) in [4.78, 5) is 47.5. The summed E-state index contributed by atoms with van der Waals surface area (Å²) in [6, 6.07) is 3.78. The van der Waals surface area contributed by atoms with E-state index in [0.717, 1.165) is 7.05 Å². The van der Waals surface area contributed by atoms with Crippen molar-refractivity contribution in [2.45, 2.75) is 0 Å². The van der Waals surface area contributed by atoms with Gasteiger partial charge in [-0.3, -0.25) is 19.3 Å². The predicted molar refractivity (Wildman–Crippen MR) is 75.0 cm³/mol. The summed E-state index contributed by atoms with van der Waals surface area (Å²) in [5.74, 6) is -2.70. The lowest BCUT2D eigenvalue weighted by Gasteiger charge is -2.13. The van der Waals surface area contributed by atoms with E-state index in [2.05, 4.69) is 5.32 Å². The number of anilines is 1. The summed E-state index contributed by atoms with van der Waals surface area (Å²) in [6.07, 6.45) is 0. The van der Waals surface area contributed by atoms with Gasteiger partial charge in [-0.25, -0.2) is 9.69 Å². The summed E-state index contributed by atoms with van der Waals surface area (Å²) in [6.45, 7) is -0.587. The fourth-order valence-electron chi connectivity index (χ4n) is 1.69. The monoisotopic (exact) mass is 329 g/mol. The van der Waals surface area contributed by atoms with E-state index in [9.17, 15) is 19.2 Å². The molecule has 2 rings (SSSR count). The van der Waals surface area contributed by atoms with Gasteiger partial charge in [-0.2, -0.15) is 0 Å². The lowest BCUT2D eigenvalue weighted by atomic mass is 10.3. The van der Waals surface area contributed by atoms with Crippen LogP contribution in [-0.2, 0) is 14.4 Å². The number of halogens is 2. The number of amides is 5. The van der Waals surface area contributed by atoms with Crippen molar-refractivity contribution in [2.75, 3.05) is 18.9 Å². The number of nitrogens with zero attached hydrogens (tertiary/aromatic N) is 2. The molecule has 0 bridgehead atoms. The Balaban J connectivity index is 2.09. The van der Waals surface area contributed by atoms with Gasteiger partial charge in [-0.15, -0.1) is 0 Å². The van der Waals surface area contributed by atoms with E-state index in [-0.39, 0.29) is 15.7 Å². The third-order valence-corrected chi connectivity index (χ3v) is 3.60. The molecule has 1 aromatic carbocycles. The minimum Gasteiger partial charge on any atom is -0.323 e. The third-order valence-electron chi connectivity index (χ3n) is 2.78. The molecular weight excluding hydrogens is 321 g/mol. The molecule has 7 nitrogen and oxygen atoms in total. The molecule has 1 aliphatic heterocycles. The lowest BCUT2D eigenvalue weighted by molar-refractivity contribution is -0.143. The molecule has 110 valence electrons. The Bertz CT molecular complexity index is 662. The Morgan fingerprint density at radius 2 is 1.86 bits per heavy atom. The fraction of sp³-hybridized carbons (Fsp3) is 0.167. The predicted octanol–water partition coefficient (Wildman–Crippen LogP) is 1.35. The van der Waals surface area contributed by atoms with Gasteiger partial charge in [0.1, 0.15) is 6.54 Å². The minimum absolute atomic E-state index is 0.139. The number of hydrogen-bond donors (Lipinski definition) is 1. The van der Waals surface area contributed by atoms with Gasteiger partial charge in [0.15, 0.2) is 0 Å². The Hall–Kier alpha value is -2.12. The first-order chi connectivity index (χ1) is 9.82. The van der Waals surface area contributed by atoms with E-state index < -0.39 is 30.3 Å². The molecule has 1 aromatic rings. The maximum absolute atomic E-state index is 11.8. The Morgan fingerprint density at radius 1 is 1.19 bits per heavy atom. The van der Waals surface area contributed by atoms with Crippen molar-refractivity contribution in [1.29, 1.82) is 0 Å². The number of carbonyl (C=O) groups excluding carboxylic acids is 4. The molecule has 0 saturated carbocycles. The van der Waals surface area contributed by atoms with Gasteiger partial charge >= 0.3 is 17.8 Å². The molecule has 21 heavy (non-hydrogen) atoms. The smallest absolute Gasteiger partial charge is 0.323 e. The number of imide groups is 2. The minimum atomic E-state index is -1.05.